The minimum absolute atomic E-state index is 0.0889. The summed E-state index contributed by atoms with van der Waals surface area (Å²) in [5, 5.41) is 5.15. The van der Waals surface area contributed by atoms with Crippen LogP contribution in [0.3, 0.4) is 0 Å². The van der Waals surface area contributed by atoms with Crippen LogP contribution < -0.4 is 14.6 Å². The van der Waals surface area contributed by atoms with Gasteiger partial charge in [0, 0.05) is 19.2 Å². The molecule has 2 N–H and O–H groups in total. The molecule has 0 radical (unpaired) electrons. The fraction of sp³-hybridized carbons (Fsp3) is 0.625. The number of benzene rings is 1. The van der Waals surface area contributed by atoms with E-state index >= 15 is 0 Å². The van der Waals surface area contributed by atoms with Gasteiger partial charge in [-0.15, -0.1) is 0 Å². The number of rotatable bonds is 6. The van der Waals surface area contributed by atoms with Crippen molar-refractivity contribution in [2.75, 3.05) is 26.3 Å². The van der Waals surface area contributed by atoms with Crippen molar-refractivity contribution >= 4 is 10.2 Å². The Hall–Kier alpha value is -1.52. The number of hydrogen-bond donors (Lipinski definition) is 1. The van der Waals surface area contributed by atoms with Crippen LogP contribution in [0, 0.1) is 11.3 Å². The molecule has 0 aromatic heterocycles. The number of nitrogens with zero attached hydrogens (tertiary/aromatic N) is 1. The molecule has 1 aromatic rings. The molecule has 3 rings (SSSR count). The van der Waals surface area contributed by atoms with Gasteiger partial charge in [0.25, 0.3) is 10.2 Å². The number of ether oxygens (including phenoxy) is 2. The molecule has 0 bridgehead atoms. The SMILES string of the molecule is NS(=O)(=O)N1CCC2(CC1)CC2COc1cccc(OCC(F)(F)F)c1. The molecule has 1 saturated carbocycles. The summed E-state index contributed by atoms with van der Waals surface area (Å²) in [6, 6.07) is 6.12. The Balaban J connectivity index is 1.48. The summed E-state index contributed by atoms with van der Waals surface area (Å²) in [5.41, 5.74) is 0.0889. The lowest BCUT2D eigenvalue weighted by Crippen LogP contribution is -2.43. The highest BCUT2D eigenvalue weighted by Crippen LogP contribution is 2.59. The van der Waals surface area contributed by atoms with E-state index in [1.54, 1.807) is 12.1 Å². The third-order valence-electron chi connectivity index (χ3n) is 5.10. The van der Waals surface area contributed by atoms with Crippen molar-refractivity contribution in [1.29, 1.82) is 0 Å². The van der Waals surface area contributed by atoms with Crippen molar-refractivity contribution in [3.05, 3.63) is 24.3 Å². The van der Waals surface area contributed by atoms with Crippen molar-refractivity contribution in [3.63, 3.8) is 0 Å². The molecule has 146 valence electrons. The van der Waals surface area contributed by atoms with Gasteiger partial charge in [-0.25, -0.2) is 5.14 Å². The number of nitrogens with two attached hydrogens (primary N) is 1. The molecule has 2 fully saturated rings. The third-order valence-corrected chi connectivity index (χ3v) is 6.18. The lowest BCUT2D eigenvalue weighted by atomic mass is 9.92. The molecule has 1 saturated heterocycles. The summed E-state index contributed by atoms with van der Waals surface area (Å²) in [7, 11) is -3.63. The van der Waals surface area contributed by atoms with E-state index < -0.39 is 23.0 Å². The largest absolute Gasteiger partial charge is 0.493 e. The predicted molar refractivity (Wildman–Crippen MR) is 87.9 cm³/mol. The molecule has 2 aliphatic rings. The van der Waals surface area contributed by atoms with E-state index in [-0.39, 0.29) is 11.2 Å². The summed E-state index contributed by atoms with van der Waals surface area (Å²) in [6.07, 6.45) is -1.95. The second-order valence-electron chi connectivity index (χ2n) is 6.90. The van der Waals surface area contributed by atoms with Crippen molar-refractivity contribution in [2.45, 2.75) is 25.4 Å². The van der Waals surface area contributed by atoms with Gasteiger partial charge in [-0.2, -0.15) is 25.9 Å². The second kappa shape index (κ2) is 6.90. The van der Waals surface area contributed by atoms with Crippen molar-refractivity contribution in [2.24, 2.45) is 16.5 Å². The van der Waals surface area contributed by atoms with Crippen LogP contribution in [0.2, 0.25) is 0 Å². The van der Waals surface area contributed by atoms with Gasteiger partial charge in [0.2, 0.25) is 0 Å². The Morgan fingerprint density at radius 3 is 2.38 bits per heavy atom. The van der Waals surface area contributed by atoms with Crippen LogP contribution in [0.4, 0.5) is 13.2 Å². The quantitative estimate of drug-likeness (QED) is 0.803. The Morgan fingerprint density at radius 1 is 1.19 bits per heavy atom. The van der Waals surface area contributed by atoms with Crippen LogP contribution in [0.1, 0.15) is 19.3 Å². The summed E-state index contributed by atoms with van der Waals surface area (Å²) >= 11 is 0. The van der Waals surface area contributed by atoms with E-state index in [1.807, 2.05) is 0 Å². The zero-order valence-electron chi connectivity index (χ0n) is 14.0. The lowest BCUT2D eigenvalue weighted by molar-refractivity contribution is -0.153. The van der Waals surface area contributed by atoms with E-state index in [9.17, 15) is 21.6 Å². The van der Waals surface area contributed by atoms with Crippen LogP contribution in [-0.4, -0.2) is 45.2 Å². The van der Waals surface area contributed by atoms with Gasteiger partial charge in [-0.1, -0.05) is 6.07 Å². The molecule has 1 atom stereocenters. The number of piperidine rings is 1. The highest BCUT2D eigenvalue weighted by atomic mass is 32.2. The monoisotopic (exact) mass is 394 g/mol. The molecular weight excluding hydrogens is 373 g/mol. The van der Waals surface area contributed by atoms with Crippen LogP contribution in [-0.2, 0) is 10.2 Å². The second-order valence-corrected chi connectivity index (χ2v) is 8.44. The minimum atomic E-state index is -4.39. The average molecular weight is 394 g/mol. The summed E-state index contributed by atoms with van der Waals surface area (Å²) in [4.78, 5) is 0. The average Bonchev–Trinajstić information content (AvgIpc) is 3.22. The molecular formula is C16H21F3N2O4S. The standard InChI is InChI=1S/C16H21F3N2O4S/c17-16(18,19)11-25-14-3-1-2-13(8-14)24-10-12-9-15(12)4-6-21(7-5-15)26(20,22)23/h1-3,8,12H,4-7,9-11H2,(H2,20,22,23). The fourth-order valence-electron chi connectivity index (χ4n) is 3.48. The minimum Gasteiger partial charge on any atom is -0.493 e. The molecule has 6 nitrogen and oxygen atoms in total. The Morgan fingerprint density at radius 2 is 1.81 bits per heavy atom. The van der Waals surface area contributed by atoms with Crippen LogP contribution >= 0.6 is 0 Å². The molecule has 1 heterocycles. The molecule has 0 amide bonds. The van der Waals surface area contributed by atoms with Gasteiger partial charge < -0.3 is 9.47 Å². The highest BCUT2D eigenvalue weighted by molar-refractivity contribution is 7.86. The maximum Gasteiger partial charge on any atom is 0.422 e. The number of alkyl halides is 3. The van der Waals surface area contributed by atoms with Gasteiger partial charge in [0.15, 0.2) is 6.61 Å². The molecule has 10 heteroatoms. The molecule has 26 heavy (non-hydrogen) atoms. The molecule has 1 aliphatic carbocycles. The van der Waals surface area contributed by atoms with Gasteiger partial charge in [-0.05, 0) is 42.7 Å². The molecule has 1 aromatic carbocycles. The van der Waals surface area contributed by atoms with Crippen LogP contribution in [0.5, 0.6) is 11.5 Å². The van der Waals surface area contributed by atoms with E-state index in [1.165, 1.54) is 16.4 Å². The van der Waals surface area contributed by atoms with E-state index in [4.69, 9.17) is 14.6 Å². The Kier molecular flexibility index (Phi) is 5.11. The molecule has 1 spiro atoms. The molecule has 1 aliphatic heterocycles. The zero-order chi connectivity index (χ0) is 19.0. The maximum absolute atomic E-state index is 12.2. The number of hydrogen-bond acceptors (Lipinski definition) is 4. The van der Waals surface area contributed by atoms with E-state index in [0.29, 0.717) is 31.4 Å². The smallest absolute Gasteiger partial charge is 0.422 e. The zero-order valence-corrected chi connectivity index (χ0v) is 14.9. The predicted octanol–water partition coefficient (Wildman–Crippen LogP) is 2.31. The van der Waals surface area contributed by atoms with Crippen molar-refractivity contribution < 1.29 is 31.1 Å². The normalized spacial score (nSPS) is 23.0. The van der Waals surface area contributed by atoms with Crippen molar-refractivity contribution in [3.8, 4) is 11.5 Å². The van der Waals surface area contributed by atoms with Crippen molar-refractivity contribution in [1.82, 2.24) is 4.31 Å². The Bertz CT molecular complexity index is 746. The van der Waals surface area contributed by atoms with Crippen LogP contribution in [0.15, 0.2) is 24.3 Å². The highest BCUT2D eigenvalue weighted by Gasteiger charge is 2.55. The first-order valence-corrected chi connectivity index (χ1v) is 9.78. The number of halogens is 3. The van der Waals surface area contributed by atoms with Gasteiger partial charge in [0.1, 0.15) is 11.5 Å². The Labute approximate surface area is 150 Å². The van der Waals surface area contributed by atoms with Crippen LogP contribution in [0.25, 0.3) is 0 Å². The van der Waals surface area contributed by atoms with E-state index in [2.05, 4.69) is 0 Å². The van der Waals surface area contributed by atoms with Gasteiger partial charge >= 0.3 is 6.18 Å². The first-order chi connectivity index (χ1) is 12.1. The molecule has 1 unspecified atom stereocenters. The van der Waals surface area contributed by atoms with Gasteiger partial charge in [0.05, 0.1) is 6.61 Å². The first kappa shape index (κ1) is 19.2. The topological polar surface area (TPSA) is 81.9 Å². The van der Waals surface area contributed by atoms with E-state index in [0.717, 1.165) is 19.3 Å². The van der Waals surface area contributed by atoms with Gasteiger partial charge in [-0.3, -0.25) is 0 Å². The summed E-state index contributed by atoms with van der Waals surface area (Å²) in [5.74, 6) is 0.866. The fourth-order valence-corrected chi connectivity index (χ4v) is 4.17. The third kappa shape index (κ3) is 4.80. The first-order valence-electron chi connectivity index (χ1n) is 8.28. The summed E-state index contributed by atoms with van der Waals surface area (Å²) < 4.78 is 71.0. The maximum atomic E-state index is 12.2. The lowest BCUT2D eigenvalue weighted by Gasteiger charge is -2.30. The summed E-state index contributed by atoms with van der Waals surface area (Å²) in [6.45, 7) is -0.0763.